The number of imidazole rings is 1. The van der Waals surface area contributed by atoms with Gasteiger partial charge in [0.2, 0.25) is 5.91 Å². The lowest BCUT2D eigenvalue weighted by Gasteiger charge is -2.38. The highest BCUT2D eigenvalue weighted by Crippen LogP contribution is 2.41. The zero-order valence-corrected chi connectivity index (χ0v) is 23.3. The van der Waals surface area contributed by atoms with Crippen molar-refractivity contribution in [2.75, 3.05) is 12.4 Å². The molecule has 4 aromatic rings. The third-order valence-corrected chi connectivity index (χ3v) is 8.25. The second-order valence-electron chi connectivity index (χ2n) is 11.0. The number of methoxy groups -OCH3 is 1. The highest BCUT2D eigenvalue weighted by atomic mass is 16.5. The van der Waals surface area contributed by atoms with Gasteiger partial charge in [-0.25, -0.2) is 24.2 Å². The lowest BCUT2D eigenvalue weighted by atomic mass is 9.76. The maximum atomic E-state index is 13.6. The molecule has 0 spiro atoms. The number of aromatic nitrogens is 6. The SMILES string of the molecule is [2H]C1(NC(=O)OC)CCC(n2c(=O)n(C([2H])([2H])[2H])c3cnc(Nc4ccc5c(CC(C)O)nn(C6(C(N)=O)CCC6)c5n4)cc32)C1. The first-order valence-electron chi connectivity index (χ1n) is 15.8. The number of carbonyl (C=O) groups is 2. The topological polar surface area (TPSA) is 184 Å². The average Bonchev–Trinajstić information content (AvgIpc) is 3.58. The van der Waals surface area contributed by atoms with E-state index in [9.17, 15) is 19.5 Å². The molecular weight excluding hydrogens is 542 g/mol. The van der Waals surface area contributed by atoms with E-state index in [4.69, 9.17) is 16.2 Å². The number of ether oxygens (including phenoxy) is 1. The van der Waals surface area contributed by atoms with Crippen LogP contribution in [0, 0.1) is 0 Å². The number of hydrogen-bond donors (Lipinski definition) is 4. The van der Waals surface area contributed by atoms with Crippen molar-refractivity contribution in [2.24, 2.45) is 12.7 Å². The Hall–Kier alpha value is -4.46. The number of nitrogens with zero attached hydrogens (tertiary/aromatic N) is 6. The standard InChI is InChI=1S/C28H35N9O5/c1-15(38)11-19-18-7-8-22(33-24(18)37(34-19)28(25(29)39)9-4-10-28)32-23-13-20-21(14-30-23)35(2)27(41)36(20)17-6-5-16(12-17)31-26(40)42-3/h7-8,13-17,38H,4-6,9-12H2,1-3H3,(H2,29,39)(H,31,40)(H,30,32,33)/i2D3,16D. The second kappa shape index (κ2) is 10.4. The molecule has 2 amide bonds. The predicted octanol–water partition coefficient (Wildman–Crippen LogP) is 1.96. The van der Waals surface area contributed by atoms with E-state index in [0.29, 0.717) is 46.4 Å². The lowest BCUT2D eigenvalue weighted by Crippen LogP contribution is -2.52. The highest BCUT2D eigenvalue weighted by molar-refractivity contribution is 5.88. The molecule has 0 saturated heterocycles. The molecule has 0 bridgehead atoms. The van der Waals surface area contributed by atoms with E-state index in [2.05, 4.69) is 25.5 Å². The van der Waals surface area contributed by atoms with Crippen LogP contribution in [-0.4, -0.2) is 65.2 Å². The van der Waals surface area contributed by atoms with Crippen molar-refractivity contribution in [3.05, 3.63) is 40.6 Å². The van der Waals surface area contributed by atoms with Crippen molar-refractivity contribution >= 4 is 45.7 Å². The Kier molecular flexibility index (Phi) is 5.74. The van der Waals surface area contributed by atoms with Crippen molar-refractivity contribution in [1.82, 2.24) is 34.2 Å². The van der Waals surface area contributed by atoms with E-state index in [1.54, 1.807) is 23.7 Å². The average molecular weight is 582 g/mol. The maximum absolute atomic E-state index is 13.6. The molecule has 0 aromatic carbocycles. The first-order valence-corrected chi connectivity index (χ1v) is 13.8. The van der Waals surface area contributed by atoms with Gasteiger partial charge in [-0.3, -0.25) is 13.9 Å². The molecule has 2 saturated carbocycles. The summed E-state index contributed by atoms with van der Waals surface area (Å²) in [6, 6.07) is 3.01. The van der Waals surface area contributed by atoms with Crippen LogP contribution >= 0.6 is 0 Å². The van der Waals surface area contributed by atoms with Crippen LogP contribution in [0.15, 0.2) is 29.2 Å². The summed E-state index contributed by atoms with van der Waals surface area (Å²) in [5.74, 6) is 0.0730. The Morgan fingerprint density at radius 2 is 2.12 bits per heavy atom. The third-order valence-electron chi connectivity index (χ3n) is 8.25. The minimum atomic E-state index is -2.80. The van der Waals surface area contributed by atoms with Gasteiger partial charge in [-0.2, -0.15) is 5.10 Å². The number of aryl methyl sites for hydroxylation is 1. The van der Waals surface area contributed by atoms with E-state index < -0.39 is 48.4 Å². The van der Waals surface area contributed by atoms with Crippen molar-refractivity contribution < 1.29 is 24.9 Å². The number of fused-ring (bicyclic) bond motifs is 2. The molecule has 14 heteroatoms. The number of alkyl carbamates (subject to hydrolysis) is 1. The van der Waals surface area contributed by atoms with Gasteiger partial charge >= 0.3 is 11.8 Å². The van der Waals surface area contributed by atoms with Crippen molar-refractivity contribution in [3.63, 3.8) is 0 Å². The quantitative estimate of drug-likeness (QED) is 0.241. The van der Waals surface area contributed by atoms with Gasteiger partial charge in [0.1, 0.15) is 17.2 Å². The number of amides is 2. The van der Waals surface area contributed by atoms with E-state index in [-0.39, 0.29) is 36.1 Å². The number of aliphatic hydroxyl groups is 1. The maximum Gasteiger partial charge on any atom is 0.407 e. The normalized spacial score (nSPS) is 23.8. The summed E-state index contributed by atoms with van der Waals surface area (Å²) in [4.78, 5) is 47.1. The summed E-state index contributed by atoms with van der Waals surface area (Å²) >= 11 is 0. The Balaban J connectivity index is 1.41. The number of hydrogen-bond acceptors (Lipinski definition) is 9. The van der Waals surface area contributed by atoms with Gasteiger partial charge in [-0.1, -0.05) is 0 Å². The monoisotopic (exact) mass is 581 g/mol. The highest BCUT2D eigenvalue weighted by Gasteiger charge is 2.47. The van der Waals surface area contributed by atoms with E-state index >= 15 is 0 Å². The summed E-state index contributed by atoms with van der Waals surface area (Å²) < 4.78 is 41.0. The van der Waals surface area contributed by atoms with Crippen molar-refractivity contribution in [3.8, 4) is 0 Å². The van der Waals surface area contributed by atoms with E-state index in [1.165, 1.54) is 23.9 Å². The molecule has 3 unspecified atom stereocenters. The fraction of sp³-hybridized carbons (Fsp3) is 0.500. The molecule has 6 rings (SSSR count). The smallest absolute Gasteiger partial charge is 0.407 e. The van der Waals surface area contributed by atoms with Crippen molar-refractivity contribution in [2.45, 2.75) is 75.6 Å². The van der Waals surface area contributed by atoms with E-state index in [0.717, 1.165) is 6.42 Å². The Labute approximate surface area is 246 Å². The van der Waals surface area contributed by atoms with Crippen LogP contribution in [0.25, 0.3) is 22.1 Å². The first-order chi connectivity index (χ1) is 21.7. The van der Waals surface area contributed by atoms with Crippen LogP contribution < -0.4 is 22.1 Å². The number of anilines is 2. The molecule has 222 valence electrons. The van der Waals surface area contributed by atoms with Crippen molar-refractivity contribution in [1.29, 1.82) is 0 Å². The zero-order valence-electron chi connectivity index (χ0n) is 27.3. The molecule has 4 heterocycles. The molecule has 2 aliphatic rings. The molecular formula is C28H35N9O5. The van der Waals surface area contributed by atoms with Gasteiger partial charge in [0.15, 0.2) is 5.65 Å². The lowest BCUT2D eigenvalue weighted by molar-refractivity contribution is -0.131. The van der Waals surface area contributed by atoms with Gasteiger partial charge in [0.25, 0.3) is 0 Å². The number of aliphatic hydroxyl groups excluding tert-OH is 1. The Morgan fingerprint density at radius 1 is 1.31 bits per heavy atom. The van der Waals surface area contributed by atoms with Crippen LogP contribution in [0.3, 0.4) is 0 Å². The van der Waals surface area contributed by atoms with Gasteiger partial charge in [0, 0.05) is 41.0 Å². The number of rotatable bonds is 8. The summed E-state index contributed by atoms with van der Waals surface area (Å²) in [6.45, 7) is -1.15. The van der Waals surface area contributed by atoms with Gasteiger partial charge < -0.3 is 26.2 Å². The predicted molar refractivity (Wildman–Crippen MR) is 154 cm³/mol. The van der Waals surface area contributed by atoms with Gasteiger partial charge in [-0.15, -0.1) is 0 Å². The largest absolute Gasteiger partial charge is 0.453 e. The number of pyridine rings is 2. The zero-order chi connectivity index (χ0) is 33.2. The van der Waals surface area contributed by atoms with Crippen LogP contribution in [0.5, 0.6) is 0 Å². The molecule has 3 atom stereocenters. The third kappa shape index (κ3) is 4.55. The number of carbonyl (C=O) groups excluding carboxylic acids is 2. The molecule has 4 aromatic heterocycles. The van der Waals surface area contributed by atoms with Crippen LogP contribution in [0.1, 0.15) is 62.7 Å². The minimum absolute atomic E-state index is 0.0474. The van der Waals surface area contributed by atoms with Gasteiger partial charge in [0.05, 0.1) is 37.5 Å². The molecule has 0 aliphatic heterocycles. The summed E-state index contributed by atoms with van der Waals surface area (Å²) in [5, 5.41) is 21.0. The summed E-state index contributed by atoms with van der Waals surface area (Å²) in [6.07, 6.45) is 2.51. The molecule has 0 radical (unpaired) electrons. The first kappa shape index (κ1) is 23.1. The number of nitrogens with two attached hydrogens (primary N) is 1. The fourth-order valence-electron chi connectivity index (χ4n) is 5.96. The fourth-order valence-corrected chi connectivity index (χ4v) is 5.96. The van der Waals surface area contributed by atoms with Crippen LogP contribution in [-0.2, 0) is 28.5 Å². The molecule has 2 aliphatic carbocycles. The molecule has 5 N–H and O–H groups in total. The molecule has 14 nitrogen and oxygen atoms in total. The number of primary amides is 1. The van der Waals surface area contributed by atoms with Crippen LogP contribution in [0.2, 0.25) is 0 Å². The second-order valence-corrected chi connectivity index (χ2v) is 11.0. The Bertz CT molecular complexity index is 1910. The van der Waals surface area contributed by atoms with Crippen LogP contribution in [0.4, 0.5) is 16.4 Å². The summed E-state index contributed by atoms with van der Waals surface area (Å²) in [7, 11) is 1.19. The summed E-state index contributed by atoms with van der Waals surface area (Å²) in [5.41, 5.74) is 5.36. The molecule has 42 heavy (non-hydrogen) atoms. The molecule has 2 fully saturated rings. The van der Waals surface area contributed by atoms with Gasteiger partial charge in [-0.05, 0) is 57.6 Å². The Morgan fingerprint density at radius 3 is 2.79 bits per heavy atom. The number of nitrogens with one attached hydrogen (secondary N) is 2. The van der Waals surface area contributed by atoms with E-state index in [1.807, 2.05) is 0 Å². The minimum Gasteiger partial charge on any atom is -0.453 e.